The molecule has 14 heavy (non-hydrogen) atoms. The second kappa shape index (κ2) is 3.76. The first-order chi connectivity index (χ1) is 6.79. The van der Waals surface area contributed by atoms with E-state index in [1.54, 1.807) is 6.92 Å². The maximum absolute atomic E-state index is 11.3. The zero-order valence-electron chi connectivity index (χ0n) is 7.78. The molecular weight excluding hydrogens is 192 g/mol. The van der Waals surface area contributed by atoms with Crippen LogP contribution >= 0.6 is 11.3 Å². The molecule has 1 heterocycles. The number of thiophene rings is 1. The summed E-state index contributed by atoms with van der Waals surface area (Å²) in [5.74, 6) is 0.118. The molecular formula is C12H9OS. The van der Waals surface area contributed by atoms with Crippen molar-refractivity contribution in [2.45, 2.75) is 6.92 Å². The Bertz CT molecular complexity index is 442. The fourth-order valence-corrected chi connectivity index (χ4v) is 2.17. The lowest BCUT2D eigenvalue weighted by atomic mass is 10.1. The summed E-state index contributed by atoms with van der Waals surface area (Å²) in [6.07, 6.45) is 0. The lowest BCUT2D eigenvalue weighted by Crippen LogP contribution is -1.89. The molecule has 0 saturated carbocycles. The molecule has 2 heteroatoms. The normalized spacial score (nSPS) is 10.1. The van der Waals surface area contributed by atoms with E-state index in [9.17, 15) is 4.79 Å². The smallest absolute Gasteiger partial charge is 0.170 e. The van der Waals surface area contributed by atoms with Crippen molar-refractivity contribution >= 4 is 17.1 Å². The van der Waals surface area contributed by atoms with Crippen molar-refractivity contribution in [2.24, 2.45) is 0 Å². The van der Waals surface area contributed by atoms with Crippen LogP contribution in [-0.4, -0.2) is 5.78 Å². The van der Waals surface area contributed by atoms with E-state index in [1.807, 2.05) is 35.7 Å². The first kappa shape index (κ1) is 9.16. The number of carbonyl (C=O) groups excluding carboxylic acids is 1. The Labute approximate surface area is 87.0 Å². The van der Waals surface area contributed by atoms with Gasteiger partial charge in [0.1, 0.15) is 0 Å². The summed E-state index contributed by atoms with van der Waals surface area (Å²) in [5.41, 5.74) is 1.97. The molecule has 1 aromatic heterocycles. The highest BCUT2D eigenvalue weighted by Crippen LogP contribution is 2.27. The van der Waals surface area contributed by atoms with Crippen LogP contribution in [0.3, 0.4) is 0 Å². The Morgan fingerprint density at radius 1 is 1.36 bits per heavy atom. The summed E-state index contributed by atoms with van der Waals surface area (Å²) < 4.78 is 0. The van der Waals surface area contributed by atoms with Crippen molar-refractivity contribution < 1.29 is 4.79 Å². The lowest BCUT2D eigenvalue weighted by Gasteiger charge is -1.99. The third kappa shape index (κ3) is 1.61. The zero-order chi connectivity index (χ0) is 9.97. The van der Waals surface area contributed by atoms with Crippen molar-refractivity contribution in [3.05, 3.63) is 46.7 Å². The van der Waals surface area contributed by atoms with Crippen LogP contribution in [-0.2, 0) is 0 Å². The summed E-state index contributed by atoms with van der Waals surface area (Å²) >= 11 is 1.48. The molecule has 0 atom stereocenters. The van der Waals surface area contributed by atoms with E-state index in [0.29, 0.717) is 0 Å². The SMILES string of the molecule is CC(=O)c1sccc1-c1[c]cccc1. The Balaban J connectivity index is 2.52. The van der Waals surface area contributed by atoms with Crippen molar-refractivity contribution in [1.82, 2.24) is 0 Å². The molecule has 2 aromatic rings. The Morgan fingerprint density at radius 3 is 2.86 bits per heavy atom. The molecule has 0 amide bonds. The number of Topliss-reactive ketones (excluding diaryl/α,β-unsaturated/α-hetero) is 1. The van der Waals surface area contributed by atoms with Crippen LogP contribution in [0.4, 0.5) is 0 Å². The van der Waals surface area contributed by atoms with E-state index in [-0.39, 0.29) is 5.78 Å². The van der Waals surface area contributed by atoms with E-state index in [0.717, 1.165) is 16.0 Å². The lowest BCUT2D eigenvalue weighted by molar-refractivity contribution is 0.102. The first-order valence-corrected chi connectivity index (χ1v) is 5.22. The van der Waals surface area contributed by atoms with E-state index >= 15 is 0 Å². The largest absolute Gasteiger partial charge is 0.294 e. The van der Waals surface area contributed by atoms with Crippen molar-refractivity contribution in [1.29, 1.82) is 0 Å². The van der Waals surface area contributed by atoms with Crippen LogP contribution in [0.25, 0.3) is 11.1 Å². The molecule has 1 aromatic carbocycles. The van der Waals surface area contributed by atoms with Crippen LogP contribution in [0.1, 0.15) is 16.6 Å². The zero-order valence-corrected chi connectivity index (χ0v) is 8.60. The maximum Gasteiger partial charge on any atom is 0.170 e. The molecule has 0 spiro atoms. The van der Waals surface area contributed by atoms with Gasteiger partial charge in [0, 0.05) is 5.56 Å². The van der Waals surface area contributed by atoms with Gasteiger partial charge in [0.25, 0.3) is 0 Å². The predicted octanol–water partition coefficient (Wildman–Crippen LogP) is 3.42. The number of hydrogen-bond acceptors (Lipinski definition) is 2. The first-order valence-electron chi connectivity index (χ1n) is 4.34. The van der Waals surface area contributed by atoms with Crippen LogP contribution in [0.5, 0.6) is 0 Å². The van der Waals surface area contributed by atoms with Gasteiger partial charge in [0.05, 0.1) is 4.88 Å². The number of benzene rings is 1. The van der Waals surface area contributed by atoms with Crippen LogP contribution < -0.4 is 0 Å². The third-order valence-corrected chi connectivity index (χ3v) is 3.00. The molecule has 0 fully saturated rings. The van der Waals surface area contributed by atoms with Gasteiger partial charge in [0.15, 0.2) is 5.78 Å². The highest BCUT2D eigenvalue weighted by atomic mass is 32.1. The molecule has 69 valence electrons. The Kier molecular flexibility index (Phi) is 2.46. The summed E-state index contributed by atoms with van der Waals surface area (Å²) in [4.78, 5) is 12.1. The van der Waals surface area contributed by atoms with Gasteiger partial charge in [-0.1, -0.05) is 24.3 Å². The Hall–Kier alpha value is -1.41. The predicted molar refractivity (Wildman–Crippen MR) is 58.6 cm³/mol. The van der Waals surface area contributed by atoms with E-state index < -0.39 is 0 Å². The van der Waals surface area contributed by atoms with Crippen molar-refractivity contribution in [2.75, 3.05) is 0 Å². The van der Waals surface area contributed by atoms with E-state index in [1.165, 1.54) is 11.3 Å². The second-order valence-corrected chi connectivity index (χ2v) is 3.91. The number of rotatable bonds is 2. The van der Waals surface area contributed by atoms with Gasteiger partial charge < -0.3 is 0 Å². The van der Waals surface area contributed by atoms with Gasteiger partial charge in [0.2, 0.25) is 0 Å². The fourth-order valence-electron chi connectivity index (χ4n) is 1.35. The molecule has 0 aliphatic carbocycles. The average Bonchev–Trinajstić information content (AvgIpc) is 2.67. The van der Waals surface area contributed by atoms with Crippen LogP contribution in [0, 0.1) is 6.07 Å². The highest BCUT2D eigenvalue weighted by molar-refractivity contribution is 7.12. The van der Waals surface area contributed by atoms with Crippen molar-refractivity contribution in [3.8, 4) is 11.1 Å². The molecule has 0 N–H and O–H groups in total. The van der Waals surface area contributed by atoms with Gasteiger partial charge in [-0.3, -0.25) is 4.79 Å². The molecule has 0 aliphatic heterocycles. The molecule has 0 saturated heterocycles. The maximum atomic E-state index is 11.3. The number of carbonyl (C=O) groups is 1. The fraction of sp³-hybridized carbons (Fsp3) is 0.0833. The third-order valence-electron chi connectivity index (χ3n) is 1.98. The topological polar surface area (TPSA) is 17.1 Å². The molecule has 2 rings (SSSR count). The summed E-state index contributed by atoms with van der Waals surface area (Å²) in [5, 5.41) is 1.94. The van der Waals surface area contributed by atoms with Gasteiger partial charge in [-0.05, 0) is 30.0 Å². The molecule has 0 aliphatic rings. The van der Waals surface area contributed by atoms with Crippen LogP contribution in [0.15, 0.2) is 35.7 Å². The monoisotopic (exact) mass is 201 g/mol. The minimum atomic E-state index is 0.118. The molecule has 1 nitrogen and oxygen atoms in total. The van der Waals surface area contributed by atoms with E-state index in [2.05, 4.69) is 6.07 Å². The van der Waals surface area contributed by atoms with Gasteiger partial charge in [-0.2, -0.15) is 0 Å². The van der Waals surface area contributed by atoms with Gasteiger partial charge >= 0.3 is 0 Å². The number of hydrogen-bond donors (Lipinski definition) is 0. The standard InChI is InChI=1S/C12H9OS/c1-9(13)12-11(7-8-14-12)10-5-3-2-4-6-10/h2-5,7-8H,1H3. The minimum Gasteiger partial charge on any atom is -0.294 e. The summed E-state index contributed by atoms with van der Waals surface area (Å²) in [6.45, 7) is 1.60. The summed E-state index contributed by atoms with van der Waals surface area (Å²) in [7, 11) is 0. The second-order valence-electron chi connectivity index (χ2n) is 3.00. The molecule has 0 bridgehead atoms. The summed E-state index contributed by atoms with van der Waals surface area (Å²) in [6, 6.07) is 12.8. The number of ketones is 1. The average molecular weight is 201 g/mol. The van der Waals surface area contributed by atoms with E-state index in [4.69, 9.17) is 0 Å². The van der Waals surface area contributed by atoms with Crippen molar-refractivity contribution in [3.63, 3.8) is 0 Å². The Morgan fingerprint density at radius 2 is 2.21 bits per heavy atom. The quantitative estimate of drug-likeness (QED) is 0.680. The molecule has 1 radical (unpaired) electrons. The van der Waals surface area contributed by atoms with Gasteiger partial charge in [-0.15, -0.1) is 11.3 Å². The van der Waals surface area contributed by atoms with Gasteiger partial charge in [-0.25, -0.2) is 0 Å². The molecule has 0 unspecified atom stereocenters. The highest BCUT2D eigenvalue weighted by Gasteiger charge is 2.09. The minimum absolute atomic E-state index is 0.118. The van der Waals surface area contributed by atoms with Crippen LogP contribution in [0.2, 0.25) is 0 Å².